The number of fused-ring (bicyclic) bond motifs is 4. The molecule has 0 saturated heterocycles. The summed E-state index contributed by atoms with van der Waals surface area (Å²) in [5.41, 5.74) is 8.21. The van der Waals surface area contributed by atoms with Gasteiger partial charge < -0.3 is 4.90 Å². The molecule has 13 aromatic rings. The van der Waals surface area contributed by atoms with Crippen LogP contribution in [0.1, 0.15) is 0 Å². The quantitative estimate of drug-likeness (QED) is 0.158. The number of hydrogen-bond donors (Lipinski definition) is 0. The van der Waals surface area contributed by atoms with Crippen molar-refractivity contribution in [3.63, 3.8) is 0 Å². The molecule has 0 atom stereocenters. The predicted molar refractivity (Wildman–Crippen MR) is 263 cm³/mol. The van der Waals surface area contributed by atoms with Crippen molar-refractivity contribution < 1.29 is 0 Å². The van der Waals surface area contributed by atoms with Gasteiger partial charge in [0.25, 0.3) is 0 Å². The normalized spacial score (nSPS) is 11.9. The van der Waals surface area contributed by atoms with Crippen LogP contribution in [0.15, 0.2) is 224 Å². The van der Waals surface area contributed by atoms with E-state index in [-0.39, 0.29) is 0 Å². The Hall–Kier alpha value is -8.00. The fourth-order valence-corrected chi connectivity index (χ4v) is 10.3. The molecule has 0 unspecified atom stereocenters. The number of benzene rings is 12. The Morgan fingerprint density at radius 2 is 0.639 bits per heavy atom. The van der Waals surface area contributed by atoms with E-state index in [0.717, 1.165) is 17.1 Å². The molecule has 282 valence electrons. The lowest BCUT2D eigenvalue weighted by atomic mass is 9.87. The highest BCUT2D eigenvalue weighted by Crippen LogP contribution is 2.46. The molecule has 0 N–H and O–H groups in total. The Balaban J connectivity index is 1.03. The molecule has 1 nitrogen and oxygen atoms in total. The highest BCUT2D eigenvalue weighted by atomic mass is 15.1. The van der Waals surface area contributed by atoms with Crippen molar-refractivity contribution in [2.75, 3.05) is 4.90 Å². The van der Waals surface area contributed by atoms with Crippen LogP contribution in [-0.4, -0.2) is 0 Å². The van der Waals surface area contributed by atoms with E-state index >= 15 is 0 Å². The van der Waals surface area contributed by atoms with Crippen LogP contribution in [0.25, 0.3) is 108 Å². The molecule has 13 aromatic carbocycles. The summed E-state index contributed by atoms with van der Waals surface area (Å²) in [4.78, 5) is 2.44. The summed E-state index contributed by atoms with van der Waals surface area (Å²) in [6, 6.07) is 83.3. The molecule has 0 fully saturated rings. The largest absolute Gasteiger partial charge is 0.310 e. The van der Waals surface area contributed by atoms with Crippen molar-refractivity contribution in [2.45, 2.75) is 0 Å². The summed E-state index contributed by atoms with van der Waals surface area (Å²) in [6.07, 6.45) is 0. The van der Waals surface area contributed by atoms with Crippen LogP contribution in [0.5, 0.6) is 0 Å². The first-order chi connectivity index (χ1) is 30.2. The molecule has 0 aliphatic carbocycles. The maximum Gasteiger partial charge on any atom is 0.0474 e. The van der Waals surface area contributed by atoms with Crippen LogP contribution in [0.3, 0.4) is 0 Å². The van der Waals surface area contributed by atoms with Crippen molar-refractivity contribution in [3.8, 4) is 22.3 Å². The predicted octanol–water partition coefficient (Wildman–Crippen LogP) is 17.2. The first kappa shape index (κ1) is 33.9. The SMILES string of the molecule is c1ccc2cc(N(c3ccc(-c4ccc(-c5cccc6ccccc56)cc4)cc3)c3cc4ccc5cccc6c7cccc8ccc9cccc(c(c3)c4c56)c9c87)ccc2c1. The summed E-state index contributed by atoms with van der Waals surface area (Å²) >= 11 is 0. The molecule has 0 amide bonds. The molecule has 0 saturated carbocycles. The van der Waals surface area contributed by atoms with Crippen molar-refractivity contribution in [3.05, 3.63) is 224 Å². The van der Waals surface area contributed by atoms with E-state index in [0.29, 0.717) is 0 Å². The molecule has 0 aliphatic rings. The van der Waals surface area contributed by atoms with E-state index in [1.165, 1.54) is 108 Å². The summed E-state index contributed by atoms with van der Waals surface area (Å²) in [6.45, 7) is 0. The van der Waals surface area contributed by atoms with E-state index in [9.17, 15) is 0 Å². The Morgan fingerprint density at radius 1 is 0.213 bits per heavy atom. The first-order valence-electron chi connectivity index (χ1n) is 21.2. The summed E-state index contributed by atoms with van der Waals surface area (Å²) in [7, 11) is 0. The van der Waals surface area contributed by atoms with Gasteiger partial charge >= 0.3 is 0 Å². The highest BCUT2D eigenvalue weighted by molar-refractivity contribution is 6.37. The average molecular weight is 772 g/mol. The van der Waals surface area contributed by atoms with Crippen molar-refractivity contribution in [2.24, 2.45) is 0 Å². The summed E-state index contributed by atoms with van der Waals surface area (Å²) in [5, 5.41) is 20.4. The maximum atomic E-state index is 2.45. The van der Waals surface area contributed by atoms with E-state index in [4.69, 9.17) is 0 Å². The van der Waals surface area contributed by atoms with Gasteiger partial charge in [0.1, 0.15) is 0 Å². The molecule has 0 radical (unpaired) electrons. The van der Waals surface area contributed by atoms with Crippen molar-refractivity contribution in [1.29, 1.82) is 0 Å². The molecule has 0 heterocycles. The molecule has 0 bridgehead atoms. The third-order valence-electron chi connectivity index (χ3n) is 13.1. The van der Waals surface area contributed by atoms with E-state index < -0.39 is 0 Å². The number of hydrogen-bond acceptors (Lipinski definition) is 1. The third kappa shape index (κ3) is 5.27. The Kier molecular flexibility index (Phi) is 7.37. The summed E-state index contributed by atoms with van der Waals surface area (Å²) < 4.78 is 0. The third-order valence-corrected chi connectivity index (χ3v) is 13.1. The minimum Gasteiger partial charge on any atom is -0.310 e. The van der Waals surface area contributed by atoms with Gasteiger partial charge in [-0.25, -0.2) is 0 Å². The second kappa shape index (κ2) is 13.3. The molecular formula is C60H37N. The van der Waals surface area contributed by atoms with Gasteiger partial charge in [0.05, 0.1) is 0 Å². The lowest BCUT2D eigenvalue weighted by Crippen LogP contribution is -2.10. The van der Waals surface area contributed by atoms with Crippen LogP contribution >= 0.6 is 0 Å². The molecule has 0 spiro atoms. The smallest absolute Gasteiger partial charge is 0.0474 e. The van der Waals surface area contributed by atoms with Crippen LogP contribution in [0.4, 0.5) is 17.1 Å². The zero-order valence-corrected chi connectivity index (χ0v) is 33.3. The Morgan fingerprint density at radius 3 is 1.31 bits per heavy atom. The van der Waals surface area contributed by atoms with Crippen molar-refractivity contribution in [1.82, 2.24) is 0 Å². The summed E-state index contributed by atoms with van der Waals surface area (Å²) in [5.74, 6) is 0. The van der Waals surface area contributed by atoms with E-state index in [1.807, 2.05) is 0 Å². The van der Waals surface area contributed by atoms with Crippen LogP contribution < -0.4 is 4.90 Å². The molecule has 1 heteroatoms. The van der Waals surface area contributed by atoms with Crippen LogP contribution in [0.2, 0.25) is 0 Å². The van der Waals surface area contributed by atoms with Crippen LogP contribution in [0, 0.1) is 0 Å². The fourth-order valence-electron chi connectivity index (χ4n) is 10.3. The fraction of sp³-hybridized carbons (Fsp3) is 0. The Bertz CT molecular complexity index is 3850. The van der Waals surface area contributed by atoms with Gasteiger partial charge in [-0.1, -0.05) is 188 Å². The second-order valence-electron chi connectivity index (χ2n) is 16.5. The molecule has 0 aliphatic heterocycles. The average Bonchev–Trinajstić information content (AvgIpc) is 3.32. The molecular weight excluding hydrogens is 735 g/mol. The molecule has 0 aromatic heterocycles. The van der Waals surface area contributed by atoms with Gasteiger partial charge in [-0.3, -0.25) is 0 Å². The standard InChI is InChI=1S/C60H37N/c1-2-11-46-35-49(34-31-38(46)9-1)61(48-32-29-40(30-33-48)39-21-23-42(24-22-39)52-17-5-12-41-10-3-4-16-51(41)52)50-36-47-28-27-45-14-7-19-54-53-18-6-13-43-25-26-44-15-8-20-55(59(44)57(43)53)56(37-50)60(47)58(45)54/h1-37H. The lowest BCUT2D eigenvalue weighted by Gasteiger charge is -2.27. The molecule has 61 heavy (non-hydrogen) atoms. The number of anilines is 3. The topological polar surface area (TPSA) is 3.24 Å². The highest BCUT2D eigenvalue weighted by Gasteiger charge is 2.20. The van der Waals surface area contributed by atoms with Gasteiger partial charge in [0, 0.05) is 17.1 Å². The minimum absolute atomic E-state index is 1.11. The number of rotatable bonds is 5. The number of nitrogens with zero attached hydrogens (tertiary/aromatic N) is 1. The van der Waals surface area contributed by atoms with Gasteiger partial charge in [-0.2, -0.15) is 0 Å². The zero-order valence-electron chi connectivity index (χ0n) is 33.3. The lowest BCUT2D eigenvalue weighted by molar-refractivity contribution is 1.30. The minimum atomic E-state index is 1.11. The maximum absolute atomic E-state index is 2.45. The zero-order chi connectivity index (χ0) is 40.0. The van der Waals surface area contributed by atoms with Crippen molar-refractivity contribution >= 4 is 103 Å². The first-order valence-corrected chi connectivity index (χ1v) is 21.2. The van der Waals surface area contributed by atoms with Gasteiger partial charge in [-0.15, -0.1) is 0 Å². The van der Waals surface area contributed by atoms with E-state index in [1.54, 1.807) is 0 Å². The van der Waals surface area contributed by atoms with Gasteiger partial charge in [0.15, 0.2) is 0 Å². The van der Waals surface area contributed by atoms with Crippen LogP contribution in [-0.2, 0) is 0 Å². The monoisotopic (exact) mass is 771 g/mol. The van der Waals surface area contributed by atoms with Gasteiger partial charge in [-0.05, 0) is 145 Å². The Labute approximate surface area is 353 Å². The van der Waals surface area contributed by atoms with E-state index in [2.05, 4.69) is 229 Å². The van der Waals surface area contributed by atoms with Gasteiger partial charge in [0.2, 0.25) is 0 Å². The molecule has 13 rings (SSSR count). The second-order valence-corrected chi connectivity index (χ2v) is 16.5.